The van der Waals surface area contributed by atoms with E-state index < -0.39 is 21.0 Å². The van der Waals surface area contributed by atoms with E-state index in [1.54, 1.807) is 26.4 Å². The topological polar surface area (TPSA) is 96.3 Å². The molecule has 0 amide bonds. The first-order valence-corrected chi connectivity index (χ1v) is 15.7. The third kappa shape index (κ3) is 4.41. The van der Waals surface area contributed by atoms with Crippen LogP contribution in [0.5, 0.6) is 11.5 Å². The van der Waals surface area contributed by atoms with Crippen LogP contribution in [0.1, 0.15) is 64.4 Å². The second-order valence-electron chi connectivity index (χ2n) is 12.5. The number of ether oxygens (including phenoxy) is 2. The van der Waals surface area contributed by atoms with E-state index in [1.165, 1.54) is 21.7 Å². The van der Waals surface area contributed by atoms with Gasteiger partial charge in [-0.1, -0.05) is 43.2 Å². The summed E-state index contributed by atoms with van der Waals surface area (Å²) in [5.41, 5.74) is 2.01. The van der Waals surface area contributed by atoms with E-state index >= 15 is 0 Å². The highest BCUT2D eigenvalue weighted by atomic mass is 32.2. The quantitative estimate of drug-likeness (QED) is 0.526. The summed E-state index contributed by atoms with van der Waals surface area (Å²) in [5.74, 6) is 1.83. The average Bonchev–Trinajstić information content (AvgIpc) is 3.14. The lowest BCUT2D eigenvalue weighted by Gasteiger charge is -2.56. The predicted molar refractivity (Wildman–Crippen MR) is 147 cm³/mol. The van der Waals surface area contributed by atoms with Gasteiger partial charge in [-0.25, -0.2) is 8.42 Å². The molecule has 6 unspecified atom stereocenters. The minimum Gasteiger partial charge on any atom is -0.497 e. The van der Waals surface area contributed by atoms with Gasteiger partial charge in [0, 0.05) is 30.1 Å². The van der Waals surface area contributed by atoms with Gasteiger partial charge in [-0.2, -0.15) is 4.31 Å². The van der Waals surface area contributed by atoms with Crippen molar-refractivity contribution >= 4 is 10.0 Å². The number of allylic oxidation sites excluding steroid dienone is 3. The third-order valence-electron chi connectivity index (χ3n) is 10.6. The number of aliphatic hydroxyl groups excluding tert-OH is 1. The Bertz CT molecular complexity index is 1260. The highest BCUT2D eigenvalue weighted by Gasteiger charge is 2.62. The second-order valence-corrected chi connectivity index (χ2v) is 14.5. The van der Waals surface area contributed by atoms with Crippen LogP contribution in [-0.4, -0.2) is 61.7 Å². The number of benzene rings is 1. The molecule has 0 aromatic heterocycles. The highest BCUT2D eigenvalue weighted by molar-refractivity contribution is 7.88. The Morgan fingerprint density at radius 2 is 1.76 bits per heavy atom. The van der Waals surface area contributed by atoms with Gasteiger partial charge in [0.15, 0.2) is 0 Å². The zero-order valence-electron chi connectivity index (χ0n) is 23.4. The minimum atomic E-state index is -3.61. The maximum absolute atomic E-state index is 13.0. The smallest absolute Gasteiger partial charge is 0.211 e. The van der Waals surface area contributed by atoms with Crippen LogP contribution < -0.4 is 9.47 Å². The van der Waals surface area contributed by atoms with Crippen LogP contribution in [0.2, 0.25) is 0 Å². The van der Waals surface area contributed by atoms with Crippen molar-refractivity contribution < 1.29 is 28.1 Å². The van der Waals surface area contributed by atoms with Crippen molar-refractivity contribution in [1.82, 2.24) is 4.31 Å². The molecule has 210 valence electrons. The van der Waals surface area contributed by atoms with Crippen LogP contribution in [-0.2, 0) is 16.6 Å². The molecule has 6 atom stereocenters. The lowest BCUT2D eigenvalue weighted by Crippen LogP contribution is -2.56. The summed E-state index contributed by atoms with van der Waals surface area (Å²) in [7, 11) is -0.473. The van der Waals surface area contributed by atoms with Gasteiger partial charge in [0.1, 0.15) is 11.5 Å². The summed E-state index contributed by atoms with van der Waals surface area (Å²) in [5, 5.41) is 22.5. The Morgan fingerprint density at radius 1 is 1.03 bits per heavy atom. The summed E-state index contributed by atoms with van der Waals surface area (Å²) in [6.45, 7) is 4.70. The van der Waals surface area contributed by atoms with Crippen LogP contribution in [0.4, 0.5) is 0 Å². The van der Waals surface area contributed by atoms with E-state index in [9.17, 15) is 18.6 Å². The minimum absolute atomic E-state index is 0.0521. The van der Waals surface area contributed by atoms with Gasteiger partial charge in [-0.05, 0) is 68.3 Å². The van der Waals surface area contributed by atoms with Crippen LogP contribution in [0, 0.1) is 22.7 Å². The third-order valence-corrected chi connectivity index (χ3v) is 11.8. The number of nitrogens with zero attached hydrogens (tertiary/aromatic N) is 1. The van der Waals surface area contributed by atoms with Crippen LogP contribution in [0.15, 0.2) is 41.5 Å². The summed E-state index contributed by atoms with van der Waals surface area (Å²) < 4.78 is 38.3. The first-order chi connectivity index (χ1) is 17.8. The number of aliphatic hydroxyl groups is 2. The number of hydrogen-bond acceptors (Lipinski definition) is 6. The van der Waals surface area contributed by atoms with Crippen molar-refractivity contribution in [2.24, 2.45) is 22.7 Å². The van der Waals surface area contributed by atoms with Gasteiger partial charge in [0.2, 0.25) is 10.0 Å². The SMILES string of the molecule is COc1ccc(CN(CC2(O)CCC3C4=CC=C5CC(O)CCC5(C)C4CCC32C)S(C)(=O)=O)c(OC)c1. The van der Waals surface area contributed by atoms with Crippen molar-refractivity contribution in [1.29, 1.82) is 0 Å². The lowest BCUT2D eigenvalue weighted by atomic mass is 9.50. The number of sulfonamides is 1. The van der Waals surface area contributed by atoms with E-state index in [1.807, 2.05) is 6.07 Å². The second kappa shape index (κ2) is 9.65. The molecule has 2 N–H and O–H groups in total. The molecule has 0 spiro atoms. The number of fused-ring (bicyclic) bond motifs is 5. The standard InChI is InChI=1S/C30H43NO6S/c1-28-13-10-22(32)16-21(28)7-9-24-25(28)11-14-29(2)26(24)12-15-30(29,33)19-31(38(5,34)35)18-20-6-8-23(36-3)17-27(20)37-4/h6-9,17,22,25-26,32-33H,10-16,18-19H2,1-5H3. The van der Waals surface area contributed by atoms with Gasteiger partial charge in [-0.15, -0.1) is 0 Å². The molecular formula is C30H43NO6S. The fraction of sp³-hybridized carbons (Fsp3) is 0.667. The van der Waals surface area contributed by atoms with Crippen LogP contribution >= 0.6 is 0 Å². The van der Waals surface area contributed by atoms with E-state index in [2.05, 4.69) is 26.0 Å². The monoisotopic (exact) mass is 545 g/mol. The first-order valence-electron chi connectivity index (χ1n) is 13.8. The molecule has 0 aliphatic heterocycles. The summed E-state index contributed by atoms with van der Waals surface area (Å²) in [4.78, 5) is 0. The Hall–Kier alpha value is -1.87. The fourth-order valence-corrected chi connectivity index (χ4v) is 8.93. The lowest BCUT2D eigenvalue weighted by molar-refractivity contribution is -0.0933. The van der Waals surface area contributed by atoms with Gasteiger partial charge in [0.05, 0.1) is 32.2 Å². The molecule has 0 radical (unpaired) electrons. The Kier molecular flexibility index (Phi) is 7.03. The summed E-state index contributed by atoms with van der Waals surface area (Å²) in [6.07, 6.45) is 11.3. The largest absolute Gasteiger partial charge is 0.497 e. The maximum atomic E-state index is 13.0. The van der Waals surface area contributed by atoms with E-state index in [0.717, 1.165) is 44.1 Å². The van der Waals surface area contributed by atoms with Crippen molar-refractivity contribution in [2.75, 3.05) is 27.0 Å². The van der Waals surface area contributed by atoms with Crippen molar-refractivity contribution in [3.05, 3.63) is 47.1 Å². The number of rotatable bonds is 7. The van der Waals surface area contributed by atoms with Gasteiger partial charge in [-0.3, -0.25) is 0 Å². The van der Waals surface area contributed by atoms with E-state index in [-0.39, 0.29) is 30.5 Å². The van der Waals surface area contributed by atoms with Crippen LogP contribution in [0.3, 0.4) is 0 Å². The normalized spacial score (nSPS) is 36.6. The molecule has 7 nitrogen and oxygen atoms in total. The molecule has 4 aliphatic carbocycles. The first kappa shape index (κ1) is 27.7. The van der Waals surface area contributed by atoms with E-state index in [4.69, 9.17) is 9.47 Å². The van der Waals surface area contributed by atoms with Crippen molar-refractivity contribution in [3.8, 4) is 11.5 Å². The molecule has 4 aliphatic rings. The number of methoxy groups -OCH3 is 2. The molecule has 38 heavy (non-hydrogen) atoms. The molecule has 0 saturated heterocycles. The van der Waals surface area contributed by atoms with Crippen molar-refractivity contribution in [3.63, 3.8) is 0 Å². The zero-order chi connectivity index (χ0) is 27.5. The Balaban J connectivity index is 1.43. The van der Waals surface area contributed by atoms with Crippen LogP contribution in [0.25, 0.3) is 0 Å². The number of hydrogen-bond donors (Lipinski definition) is 2. The molecule has 0 heterocycles. The molecule has 1 aromatic carbocycles. The molecule has 3 fully saturated rings. The Morgan fingerprint density at radius 3 is 2.45 bits per heavy atom. The fourth-order valence-electron chi connectivity index (χ4n) is 8.11. The van der Waals surface area contributed by atoms with Gasteiger partial charge in [0.25, 0.3) is 0 Å². The molecule has 8 heteroatoms. The van der Waals surface area contributed by atoms with E-state index in [0.29, 0.717) is 23.8 Å². The summed E-state index contributed by atoms with van der Waals surface area (Å²) >= 11 is 0. The average molecular weight is 546 g/mol. The molecule has 3 saturated carbocycles. The highest BCUT2D eigenvalue weighted by Crippen LogP contribution is 2.66. The Labute approximate surface area is 227 Å². The summed E-state index contributed by atoms with van der Waals surface area (Å²) in [6, 6.07) is 5.37. The van der Waals surface area contributed by atoms with Gasteiger partial charge < -0.3 is 19.7 Å². The molecule has 5 rings (SSSR count). The predicted octanol–water partition coefficient (Wildman–Crippen LogP) is 4.44. The molecular weight excluding hydrogens is 502 g/mol. The molecule has 0 bridgehead atoms. The maximum Gasteiger partial charge on any atom is 0.211 e. The zero-order valence-corrected chi connectivity index (χ0v) is 24.2. The van der Waals surface area contributed by atoms with Gasteiger partial charge >= 0.3 is 0 Å². The molecule has 1 aromatic rings. The van der Waals surface area contributed by atoms with Crippen molar-refractivity contribution in [2.45, 2.75) is 77.0 Å².